The number of aromatic nitrogens is 1. The van der Waals surface area contributed by atoms with E-state index in [1.165, 1.54) is 31.5 Å². The van der Waals surface area contributed by atoms with Crippen LogP contribution in [0.15, 0.2) is 35.0 Å². The maximum atomic E-state index is 11.4. The summed E-state index contributed by atoms with van der Waals surface area (Å²) >= 11 is 0. The smallest absolute Gasteiger partial charge is 0.177 e. The third-order valence-electron chi connectivity index (χ3n) is 2.98. The zero-order chi connectivity index (χ0) is 13.0. The molecule has 0 aliphatic carbocycles. The van der Waals surface area contributed by atoms with Gasteiger partial charge in [-0.05, 0) is 25.3 Å². The van der Waals surface area contributed by atoms with Crippen molar-refractivity contribution in [1.82, 2.24) is 5.16 Å². The lowest BCUT2D eigenvalue weighted by Crippen LogP contribution is -1.92. The summed E-state index contributed by atoms with van der Waals surface area (Å²) in [6, 6.07) is 8.13. The maximum absolute atomic E-state index is 11.4. The normalized spacial score (nSPS) is 10.6. The Labute approximate surface area is 107 Å². The van der Waals surface area contributed by atoms with E-state index in [-0.39, 0.29) is 5.78 Å². The fourth-order valence-corrected chi connectivity index (χ4v) is 1.90. The quantitative estimate of drug-likeness (QED) is 0.748. The molecule has 94 valence electrons. The number of carbonyl (C=O) groups is 1. The van der Waals surface area contributed by atoms with E-state index in [1.54, 1.807) is 0 Å². The number of ketones is 1. The maximum Gasteiger partial charge on any atom is 0.177 e. The van der Waals surface area contributed by atoms with Crippen LogP contribution in [-0.2, 0) is 6.42 Å². The summed E-state index contributed by atoms with van der Waals surface area (Å²) in [5.74, 6) is 0.533. The van der Waals surface area contributed by atoms with Crippen LogP contribution in [0.25, 0.3) is 11.3 Å². The van der Waals surface area contributed by atoms with Gasteiger partial charge in [0.05, 0.1) is 11.8 Å². The first-order chi connectivity index (χ1) is 8.72. The Morgan fingerprint density at radius 3 is 2.61 bits per heavy atom. The predicted octanol–water partition coefficient (Wildman–Crippen LogP) is 3.89. The van der Waals surface area contributed by atoms with Gasteiger partial charge < -0.3 is 4.52 Å². The van der Waals surface area contributed by atoms with Crippen molar-refractivity contribution < 1.29 is 9.32 Å². The van der Waals surface area contributed by atoms with Gasteiger partial charge in [-0.1, -0.05) is 42.8 Å². The molecule has 1 aromatic carbocycles. The van der Waals surface area contributed by atoms with Gasteiger partial charge in [-0.3, -0.25) is 4.79 Å². The van der Waals surface area contributed by atoms with Crippen LogP contribution in [0, 0.1) is 0 Å². The van der Waals surface area contributed by atoms with Crippen molar-refractivity contribution in [1.29, 1.82) is 0 Å². The van der Waals surface area contributed by atoms with Crippen LogP contribution in [-0.4, -0.2) is 10.9 Å². The summed E-state index contributed by atoms with van der Waals surface area (Å²) < 4.78 is 5.16. The Morgan fingerprint density at radius 1 is 1.28 bits per heavy atom. The molecule has 3 nitrogen and oxygen atoms in total. The lowest BCUT2D eigenvalue weighted by Gasteiger charge is -2.02. The van der Waals surface area contributed by atoms with E-state index in [1.807, 2.05) is 12.1 Å². The second-order valence-corrected chi connectivity index (χ2v) is 4.43. The number of carbonyl (C=O) groups excluding carboxylic acids is 1. The average molecular weight is 243 g/mol. The van der Waals surface area contributed by atoms with Gasteiger partial charge in [-0.2, -0.15) is 0 Å². The zero-order valence-corrected chi connectivity index (χ0v) is 10.8. The molecule has 0 spiro atoms. The molecular formula is C15H17NO2. The third-order valence-corrected chi connectivity index (χ3v) is 2.98. The lowest BCUT2D eigenvalue weighted by molar-refractivity contribution is 0.101. The molecule has 0 aliphatic heterocycles. The Balaban J connectivity index is 2.23. The van der Waals surface area contributed by atoms with Gasteiger partial charge in [0.2, 0.25) is 0 Å². The molecule has 0 saturated carbocycles. The molecule has 2 rings (SSSR count). The largest absolute Gasteiger partial charge is 0.356 e. The van der Waals surface area contributed by atoms with Gasteiger partial charge in [-0.25, -0.2) is 0 Å². The van der Waals surface area contributed by atoms with E-state index in [0.717, 1.165) is 12.0 Å². The number of aryl methyl sites for hydroxylation is 1. The van der Waals surface area contributed by atoms with E-state index in [4.69, 9.17) is 4.52 Å². The molecule has 3 heteroatoms. The second-order valence-electron chi connectivity index (χ2n) is 4.43. The first kappa shape index (κ1) is 12.6. The molecule has 0 atom stereocenters. The fraction of sp³-hybridized carbons (Fsp3) is 0.333. The Hall–Kier alpha value is -1.90. The molecule has 18 heavy (non-hydrogen) atoms. The Bertz CT molecular complexity index is 526. The van der Waals surface area contributed by atoms with Crippen LogP contribution in [0.1, 0.15) is 42.6 Å². The van der Waals surface area contributed by atoms with E-state index in [2.05, 4.69) is 24.2 Å². The van der Waals surface area contributed by atoms with Crippen LogP contribution < -0.4 is 0 Å². The summed E-state index contributed by atoms with van der Waals surface area (Å²) in [7, 11) is 0. The van der Waals surface area contributed by atoms with Crippen molar-refractivity contribution in [2.24, 2.45) is 0 Å². The molecule has 0 unspecified atom stereocenters. The molecule has 1 aromatic heterocycles. The molecule has 0 bridgehead atoms. The molecule has 0 fully saturated rings. The summed E-state index contributed by atoms with van der Waals surface area (Å²) in [6.45, 7) is 3.70. The number of rotatable bonds is 5. The summed E-state index contributed by atoms with van der Waals surface area (Å²) in [5.41, 5.74) is 2.75. The highest BCUT2D eigenvalue weighted by atomic mass is 16.5. The number of hydrogen-bond acceptors (Lipinski definition) is 3. The SMILES string of the molecule is CCCCc1ccc(-c2oncc2C(C)=O)cc1. The fourth-order valence-electron chi connectivity index (χ4n) is 1.90. The number of Topliss-reactive ketones (excluding diaryl/α,β-unsaturated/α-hetero) is 1. The highest BCUT2D eigenvalue weighted by molar-refractivity contribution is 5.99. The molecule has 0 N–H and O–H groups in total. The van der Waals surface area contributed by atoms with Crippen LogP contribution >= 0.6 is 0 Å². The topological polar surface area (TPSA) is 43.1 Å². The minimum absolute atomic E-state index is 0.0266. The summed E-state index contributed by atoms with van der Waals surface area (Å²) in [6.07, 6.45) is 4.95. The van der Waals surface area contributed by atoms with Crippen molar-refractivity contribution in [3.63, 3.8) is 0 Å². The van der Waals surface area contributed by atoms with Gasteiger partial charge >= 0.3 is 0 Å². The number of unbranched alkanes of at least 4 members (excludes halogenated alkanes) is 1. The summed E-state index contributed by atoms with van der Waals surface area (Å²) in [5, 5.41) is 3.70. The van der Waals surface area contributed by atoms with Gasteiger partial charge in [0.15, 0.2) is 11.5 Å². The molecule has 0 saturated heterocycles. The first-order valence-corrected chi connectivity index (χ1v) is 6.27. The van der Waals surface area contributed by atoms with Crippen molar-refractivity contribution in [2.75, 3.05) is 0 Å². The van der Waals surface area contributed by atoms with Gasteiger partial charge in [-0.15, -0.1) is 0 Å². The van der Waals surface area contributed by atoms with E-state index in [9.17, 15) is 4.79 Å². The standard InChI is InChI=1S/C15H17NO2/c1-3-4-5-12-6-8-13(9-7-12)15-14(11(2)17)10-16-18-15/h6-10H,3-5H2,1-2H3. The van der Waals surface area contributed by atoms with E-state index in [0.29, 0.717) is 11.3 Å². The Morgan fingerprint density at radius 2 is 2.00 bits per heavy atom. The van der Waals surface area contributed by atoms with Crippen molar-refractivity contribution in [3.05, 3.63) is 41.6 Å². The highest BCUT2D eigenvalue weighted by Crippen LogP contribution is 2.24. The van der Waals surface area contributed by atoms with Crippen molar-refractivity contribution >= 4 is 5.78 Å². The van der Waals surface area contributed by atoms with Crippen LogP contribution in [0.4, 0.5) is 0 Å². The van der Waals surface area contributed by atoms with Crippen LogP contribution in [0.3, 0.4) is 0 Å². The predicted molar refractivity (Wildman–Crippen MR) is 70.6 cm³/mol. The van der Waals surface area contributed by atoms with E-state index < -0.39 is 0 Å². The molecule has 1 heterocycles. The second kappa shape index (κ2) is 5.63. The van der Waals surface area contributed by atoms with Gasteiger partial charge in [0.25, 0.3) is 0 Å². The first-order valence-electron chi connectivity index (χ1n) is 6.27. The van der Waals surface area contributed by atoms with Gasteiger partial charge in [0, 0.05) is 5.56 Å². The van der Waals surface area contributed by atoms with Crippen LogP contribution in [0.5, 0.6) is 0 Å². The molecule has 2 aromatic rings. The number of hydrogen-bond donors (Lipinski definition) is 0. The molecule has 0 aliphatic rings. The van der Waals surface area contributed by atoms with E-state index >= 15 is 0 Å². The number of nitrogens with zero attached hydrogens (tertiary/aromatic N) is 1. The zero-order valence-electron chi connectivity index (χ0n) is 10.8. The highest BCUT2D eigenvalue weighted by Gasteiger charge is 2.13. The Kier molecular flexibility index (Phi) is 3.92. The number of benzene rings is 1. The molecular weight excluding hydrogens is 226 g/mol. The van der Waals surface area contributed by atoms with Gasteiger partial charge in [0.1, 0.15) is 0 Å². The average Bonchev–Trinajstić information content (AvgIpc) is 2.86. The lowest BCUT2D eigenvalue weighted by atomic mass is 10.0. The molecule has 0 amide bonds. The van der Waals surface area contributed by atoms with Crippen molar-refractivity contribution in [3.8, 4) is 11.3 Å². The summed E-state index contributed by atoms with van der Waals surface area (Å²) in [4.78, 5) is 11.4. The minimum atomic E-state index is -0.0266. The van der Waals surface area contributed by atoms with Crippen LogP contribution in [0.2, 0.25) is 0 Å². The minimum Gasteiger partial charge on any atom is -0.356 e. The van der Waals surface area contributed by atoms with Crippen molar-refractivity contribution in [2.45, 2.75) is 33.1 Å². The molecule has 0 radical (unpaired) electrons. The third kappa shape index (κ3) is 2.67. The monoisotopic (exact) mass is 243 g/mol.